The van der Waals surface area contributed by atoms with E-state index in [2.05, 4.69) is 43.0 Å². The highest BCUT2D eigenvalue weighted by Crippen LogP contribution is 2.37. The van der Waals surface area contributed by atoms with Gasteiger partial charge < -0.3 is 15.4 Å². The van der Waals surface area contributed by atoms with Gasteiger partial charge in [0.1, 0.15) is 17.1 Å². The first kappa shape index (κ1) is 26.9. The van der Waals surface area contributed by atoms with Crippen LogP contribution in [0.2, 0.25) is 0 Å². The Kier molecular flexibility index (Phi) is 8.15. The number of aromatic hydroxyl groups is 1. The number of para-hydroxylation sites is 1. The van der Waals surface area contributed by atoms with E-state index in [-0.39, 0.29) is 29.3 Å². The Morgan fingerprint density at radius 3 is 2.34 bits per heavy atom. The van der Waals surface area contributed by atoms with Crippen molar-refractivity contribution in [3.05, 3.63) is 82.3 Å². The molecule has 0 saturated carbocycles. The van der Waals surface area contributed by atoms with Crippen LogP contribution >= 0.6 is 0 Å². The van der Waals surface area contributed by atoms with Crippen LogP contribution in [-0.2, 0) is 0 Å². The number of anilines is 2. The minimum atomic E-state index is -0.415. The summed E-state index contributed by atoms with van der Waals surface area (Å²) < 4.78 is 0. The van der Waals surface area contributed by atoms with Crippen LogP contribution in [0.3, 0.4) is 0 Å². The molecule has 0 spiro atoms. The molecule has 38 heavy (non-hydrogen) atoms. The van der Waals surface area contributed by atoms with Gasteiger partial charge in [-0.25, -0.2) is 9.78 Å². The number of amides is 2. The van der Waals surface area contributed by atoms with Gasteiger partial charge in [0.05, 0.1) is 0 Å². The fourth-order valence-corrected chi connectivity index (χ4v) is 4.83. The lowest BCUT2D eigenvalue weighted by Gasteiger charge is -2.27. The maximum atomic E-state index is 14.1. The standard InChI is InChI=1S/C31H36N4O3/c1-6-7-17-35(31(38)33-27-23(19(2)3)13-9-14-24(27)20(4)5)28-26(21-11-8-12-22(36)18-21)25-15-10-16-32-29(25)34-30(28)37/h8-16,18-20,36H,6-7,17H2,1-5H3,(H,33,38)(H,32,34,37). The highest BCUT2D eigenvalue weighted by molar-refractivity contribution is 6.09. The molecule has 0 aliphatic carbocycles. The van der Waals surface area contributed by atoms with Crippen LogP contribution in [0.25, 0.3) is 22.2 Å². The molecule has 4 rings (SSSR count). The second kappa shape index (κ2) is 11.5. The third-order valence-electron chi connectivity index (χ3n) is 6.75. The van der Waals surface area contributed by atoms with Crippen molar-refractivity contribution in [2.75, 3.05) is 16.8 Å². The van der Waals surface area contributed by atoms with Crippen molar-refractivity contribution in [2.45, 2.75) is 59.3 Å². The summed E-state index contributed by atoms with van der Waals surface area (Å²) in [4.78, 5) is 36.5. The van der Waals surface area contributed by atoms with Gasteiger partial charge in [-0.15, -0.1) is 0 Å². The Balaban J connectivity index is 1.94. The molecule has 0 radical (unpaired) electrons. The summed E-state index contributed by atoms with van der Waals surface area (Å²) in [6, 6.07) is 16.1. The number of pyridine rings is 2. The number of nitrogens with zero attached hydrogens (tertiary/aromatic N) is 2. The van der Waals surface area contributed by atoms with Crippen LogP contribution in [0.5, 0.6) is 5.75 Å². The first-order chi connectivity index (χ1) is 18.2. The van der Waals surface area contributed by atoms with E-state index in [9.17, 15) is 14.7 Å². The molecule has 0 aliphatic heterocycles. The fourth-order valence-electron chi connectivity index (χ4n) is 4.83. The van der Waals surface area contributed by atoms with Gasteiger partial charge in [0, 0.05) is 29.4 Å². The summed E-state index contributed by atoms with van der Waals surface area (Å²) in [6.07, 6.45) is 3.17. The number of carbonyl (C=O) groups excluding carboxylic acids is 1. The van der Waals surface area contributed by atoms with Crippen LogP contribution < -0.4 is 15.8 Å². The van der Waals surface area contributed by atoms with Crippen molar-refractivity contribution < 1.29 is 9.90 Å². The highest BCUT2D eigenvalue weighted by Gasteiger charge is 2.27. The van der Waals surface area contributed by atoms with Crippen molar-refractivity contribution in [3.8, 4) is 16.9 Å². The number of hydrogen-bond donors (Lipinski definition) is 3. The van der Waals surface area contributed by atoms with E-state index in [1.54, 1.807) is 30.5 Å². The molecule has 7 nitrogen and oxygen atoms in total. The van der Waals surface area contributed by atoms with Gasteiger partial charge in [0.25, 0.3) is 5.56 Å². The van der Waals surface area contributed by atoms with Gasteiger partial charge in [0.15, 0.2) is 0 Å². The molecule has 3 N–H and O–H groups in total. The summed E-state index contributed by atoms with van der Waals surface area (Å²) in [5, 5.41) is 14.1. The smallest absolute Gasteiger partial charge is 0.326 e. The largest absolute Gasteiger partial charge is 0.508 e. The molecule has 0 aliphatic rings. The number of phenols is 1. The number of unbranched alkanes of at least 4 members (excludes halogenated alkanes) is 1. The first-order valence-electron chi connectivity index (χ1n) is 13.2. The fraction of sp³-hybridized carbons (Fsp3) is 0.323. The number of phenolic OH excluding ortho intramolecular Hbond substituents is 1. The molecule has 0 bridgehead atoms. The van der Waals surface area contributed by atoms with Crippen molar-refractivity contribution >= 4 is 28.4 Å². The molecule has 0 saturated heterocycles. The number of aromatic amines is 1. The summed E-state index contributed by atoms with van der Waals surface area (Å²) in [5.74, 6) is 0.472. The molecular formula is C31H36N4O3. The van der Waals surface area contributed by atoms with Gasteiger partial charge in [-0.05, 0) is 59.2 Å². The predicted molar refractivity (Wildman–Crippen MR) is 155 cm³/mol. The Morgan fingerprint density at radius 1 is 1.03 bits per heavy atom. The average Bonchev–Trinajstić information content (AvgIpc) is 2.88. The van der Waals surface area contributed by atoms with Crippen molar-refractivity contribution in [1.82, 2.24) is 9.97 Å². The van der Waals surface area contributed by atoms with Crippen LogP contribution in [0.4, 0.5) is 16.2 Å². The lowest BCUT2D eigenvalue weighted by Crippen LogP contribution is -2.40. The molecular weight excluding hydrogens is 476 g/mol. The topological polar surface area (TPSA) is 98.3 Å². The van der Waals surface area contributed by atoms with Crippen molar-refractivity contribution in [3.63, 3.8) is 0 Å². The van der Waals surface area contributed by atoms with Crippen LogP contribution in [0, 0.1) is 0 Å². The molecule has 2 amide bonds. The van der Waals surface area contributed by atoms with Gasteiger partial charge in [-0.2, -0.15) is 0 Å². The van der Waals surface area contributed by atoms with Crippen molar-refractivity contribution in [1.29, 1.82) is 0 Å². The van der Waals surface area contributed by atoms with Gasteiger partial charge in [-0.3, -0.25) is 9.69 Å². The van der Waals surface area contributed by atoms with Gasteiger partial charge >= 0.3 is 6.03 Å². The molecule has 4 aromatic rings. The van der Waals surface area contributed by atoms with E-state index >= 15 is 0 Å². The van der Waals surface area contributed by atoms with E-state index in [0.29, 0.717) is 35.1 Å². The molecule has 2 aromatic heterocycles. The summed E-state index contributed by atoms with van der Waals surface area (Å²) in [5.41, 5.74) is 4.31. The van der Waals surface area contributed by atoms with E-state index in [1.165, 1.54) is 4.90 Å². The van der Waals surface area contributed by atoms with Gasteiger partial charge in [-0.1, -0.05) is 71.4 Å². The van der Waals surface area contributed by atoms with Crippen LogP contribution in [0.15, 0.2) is 65.6 Å². The zero-order valence-corrected chi connectivity index (χ0v) is 22.7. The number of fused-ring (bicyclic) bond motifs is 1. The maximum absolute atomic E-state index is 14.1. The lowest BCUT2D eigenvalue weighted by atomic mass is 9.92. The quantitative estimate of drug-likeness (QED) is 0.229. The Hall–Kier alpha value is -4.13. The molecule has 198 valence electrons. The SMILES string of the molecule is CCCCN(C(=O)Nc1c(C(C)C)cccc1C(C)C)c1c(-c2cccc(O)c2)c2cccnc2[nH]c1=O. The van der Waals surface area contributed by atoms with Crippen LogP contribution in [0.1, 0.15) is 70.4 Å². The molecule has 2 aromatic carbocycles. The first-order valence-corrected chi connectivity index (χ1v) is 13.2. The number of carbonyl (C=O) groups is 1. The second-order valence-electron chi connectivity index (χ2n) is 10.2. The summed E-state index contributed by atoms with van der Waals surface area (Å²) in [7, 11) is 0. The normalized spacial score (nSPS) is 11.3. The molecule has 0 atom stereocenters. The number of H-pyrrole nitrogens is 1. The number of aromatic nitrogens is 2. The number of benzene rings is 2. The molecule has 2 heterocycles. The lowest BCUT2D eigenvalue weighted by molar-refractivity contribution is 0.256. The molecule has 7 heteroatoms. The van der Waals surface area contributed by atoms with E-state index < -0.39 is 5.56 Å². The van der Waals surface area contributed by atoms with E-state index in [1.807, 2.05) is 37.3 Å². The molecule has 0 fully saturated rings. The van der Waals surface area contributed by atoms with Gasteiger partial charge in [0.2, 0.25) is 0 Å². The Morgan fingerprint density at radius 2 is 1.71 bits per heavy atom. The number of rotatable bonds is 8. The number of urea groups is 1. The average molecular weight is 513 g/mol. The summed E-state index contributed by atoms with van der Waals surface area (Å²) >= 11 is 0. The van der Waals surface area contributed by atoms with E-state index in [0.717, 1.165) is 23.2 Å². The highest BCUT2D eigenvalue weighted by atomic mass is 16.3. The third kappa shape index (κ3) is 5.42. The predicted octanol–water partition coefficient (Wildman–Crippen LogP) is 7.38. The minimum Gasteiger partial charge on any atom is -0.508 e. The summed E-state index contributed by atoms with van der Waals surface area (Å²) in [6.45, 7) is 10.8. The Labute approximate surface area is 223 Å². The monoisotopic (exact) mass is 512 g/mol. The second-order valence-corrected chi connectivity index (χ2v) is 10.2. The van der Waals surface area contributed by atoms with Crippen molar-refractivity contribution in [2.24, 2.45) is 0 Å². The van der Waals surface area contributed by atoms with Crippen LogP contribution in [-0.4, -0.2) is 27.7 Å². The third-order valence-corrected chi connectivity index (χ3v) is 6.75. The Bertz CT molecular complexity index is 1480. The zero-order chi connectivity index (χ0) is 27.4. The maximum Gasteiger partial charge on any atom is 0.326 e. The van der Waals surface area contributed by atoms with E-state index in [4.69, 9.17) is 0 Å². The number of hydrogen-bond acceptors (Lipinski definition) is 4. The number of nitrogens with one attached hydrogen (secondary N) is 2. The zero-order valence-electron chi connectivity index (χ0n) is 22.7. The minimum absolute atomic E-state index is 0.0720. The molecule has 0 unspecified atom stereocenters.